The minimum atomic E-state index is -0.696. The molecule has 0 bridgehead atoms. The maximum atomic E-state index is 13.2. The van der Waals surface area contributed by atoms with Crippen LogP contribution < -0.4 is 5.32 Å². The van der Waals surface area contributed by atoms with Gasteiger partial charge in [0.1, 0.15) is 6.04 Å². The van der Waals surface area contributed by atoms with E-state index in [2.05, 4.69) is 12.2 Å². The van der Waals surface area contributed by atoms with E-state index >= 15 is 0 Å². The molecule has 2 atom stereocenters. The van der Waals surface area contributed by atoms with Crippen molar-refractivity contribution in [1.82, 2.24) is 10.2 Å². The highest BCUT2D eigenvalue weighted by atomic mass is 16.5. The Balaban J connectivity index is 2.47. The first-order valence-corrected chi connectivity index (χ1v) is 11.0. The highest BCUT2D eigenvalue weighted by molar-refractivity contribution is 5.79. The zero-order valence-electron chi connectivity index (χ0n) is 18.8. The quantitative estimate of drug-likeness (QED) is 0.493. The molecule has 0 aromatic heterocycles. The molecule has 0 heterocycles. The SMILES string of the molecule is CCCN[C@@H](c1ccccc1)[C@@H](C(=O)OCC)N(CC(=O)OCC)Cc1ccccc1. The Bertz CT molecular complexity index is 783. The van der Waals surface area contributed by atoms with Crippen molar-refractivity contribution in [3.8, 4) is 0 Å². The second-order valence-electron chi connectivity index (χ2n) is 7.23. The summed E-state index contributed by atoms with van der Waals surface area (Å²) in [6.45, 7) is 7.34. The van der Waals surface area contributed by atoms with Gasteiger partial charge in [0.05, 0.1) is 25.8 Å². The Morgan fingerprint density at radius 3 is 2.10 bits per heavy atom. The topological polar surface area (TPSA) is 67.9 Å². The van der Waals surface area contributed by atoms with Gasteiger partial charge in [-0.05, 0) is 37.9 Å². The third kappa shape index (κ3) is 7.81. The molecule has 2 aromatic rings. The van der Waals surface area contributed by atoms with Gasteiger partial charge >= 0.3 is 11.9 Å². The second kappa shape index (κ2) is 13.6. The second-order valence-corrected chi connectivity index (χ2v) is 7.23. The van der Waals surface area contributed by atoms with Crippen molar-refractivity contribution in [2.75, 3.05) is 26.3 Å². The molecule has 2 aromatic carbocycles. The van der Waals surface area contributed by atoms with Gasteiger partial charge in [0, 0.05) is 6.54 Å². The summed E-state index contributed by atoms with van der Waals surface area (Å²) in [7, 11) is 0. The monoisotopic (exact) mass is 426 g/mol. The largest absolute Gasteiger partial charge is 0.465 e. The Hall–Kier alpha value is -2.70. The number of carbonyl (C=O) groups is 2. The van der Waals surface area contributed by atoms with Gasteiger partial charge in [-0.15, -0.1) is 0 Å². The zero-order chi connectivity index (χ0) is 22.5. The number of ether oxygens (including phenoxy) is 2. The van der Waals surface area contributed by atoms with E-state index in [1.54, 1.807) is 13.8 Å². The molecule has 31 heavy (non-hydrogen) atoms. The molecule has 6 nitrogen and oxygen atoms in total. The van der Waals surface area contributed by atoms with E-state index in [9.17, 15) is 9.59 Å². The Morgan fingerprint density at radius 2 is 1.52 bits per heavy atom. The van der Waals surface area contributed by atoms with Crippen LogP contribution in [-0.2, 0) is 25.6 Å². The summed E-state index contributed by atoms with van der Waals surface area (Å²) >= 11 is 0. The number of carbonyl (C=O) groups excluding carboxylic acids is 2. The van der Waals surface area contributed by atoms with Crippen LogP contribution in [0, 0.1) is 0 Å². The van der Waals surface area contributed by atoms with Crippen molar-refractivity contribution in [3.63, 3.8) is 0 Å². The molecule has 0 aliphatic rings. The van der Waals surface area contributed by atoms with Crippen LogP contribution in [0.25, 0.3) is 0 Å². The Kier molecular flexibility index (Phi) is 10.8. The molecule has 0 aliphatic heterocycles. The normalized spacial score (nSPS) is 12.9. The Labute approximate surface area is 185 Å². The van der Waals surface area contributed by atoms with Crippen molar-refractivity contribution < 1.29 is 19.1 Å². The molecule has 168 valence electrons. The third-order valence-corrected chi connectivity index (χ3v) is 4.88. The summed E-state index contributed by atoms with van der Waals surface area (Å²) in [5.41, 5.74) is 1.97. The minimum Gasteiger partial charge on any atom is -0.465 e. The number of hydrogen-bond acceptors (Lipinski definition) is 6. The fraction of sp³-hybridized carbons (Fsp3) is 0.440. The zero-order valence-corrected chi connectivity index (χ0v) is 18.8. The van der Waals surface area contributed by atoms with Crippen molar-refractivity contribution in [2.24, 2.45) is 0 Å². The van der Waals surface area contributed by atoms with Gasteiger partial charge in [0.2, 0.25) is 0 Å². The predicted molar refractivity (Wildman–Crippen MR) is 121 cm³/mol. The van der Waals surface area contributed by atoms with Crippen molar-refractivity contribution in [1.29, 1.82) is 0 Å². The summed E-state index contributed by atoms with van der Waals surface area (Å²) < 4.78 is 10.7. The molecule has 0 unspecified atom stereocenters. The molecule has 0 spiro atoms. The van der Waals surface area contributed by atoms with Crippen molar-refractivity contribution >= 4 is 11.9 Å². The van der Waals surface area contributed by atoms with E-state index in [-0.39, 0.29) is 37.7 Å². The van der Waals surface area contributed by atoms with E-state index in [0.717, 1.165) is 24.1 Å². The molecule has 1 N–H and O–H groups in total. The first-order valence-electron chi connectivity index (χ1n) is 11.0. The molecule has 2 rings (SSSR count). The van der Waals surface area contributed by atoms with Crippen LogP contribution in [-0.4, -0.2) is 49.2 Å². The lowest BCUT2D eigenvalue weighted by atomic mass is 9.96. The van der Waals surface area contributed by atoms with E-state index in [4.69, 9.17) is 9.47 Å². The molecule has 0 saturated heterocycles. The van der Waals surface area contributed by atoms with Gasteiger partial charge < -0.3 is 14.8 Å². The van der Waals surface area contributed by atoms with Gasteiger partial charge in [-0.3, -0.25) is 14.5 Å². The fourth-order valence-corrected chi connectivity index (χ4v) is 3.54. The van der Waals surface area contributed by atoms with Crippen molar-refractivity contribution in [3.05, 3.63) is 71.8 Å². The van der Waals surface area contributed by atoms with Crippen molar-refractivity contribution in [2.45, 2.75) is 45.8 Å². The summed E-state index contributed by atoms with van der Waals surface area (Å²) in [6.07, 6.45) is 0.912. The van der Waals surface area contributed by atoms with Gasteiger partial charge in [0.25, 0.3) is 0 Å². The average molecular weight is 427 g/mol. The number of nitrogens with one attached hydrogen (secondary N) is 1. The fourth-order valence-electron chi connectivity index (χ4n) is 3.54. The van der Waals surface area contributed by atoms with Gasteiger partial charge in [0.15, 0.2) is 0 Å². The van der Waals surface area contributed by atoms with Crippen LogP contribution in [0.1, 0.15) is 44.4 Å². The average Bonchev–Trinajstić information content (AvgIpc) is 2.78. The molecular formula is C25H34N2O4. The van der Waals surface area contributed by atoms with Crippen LogP contribution >= 0.6 is 0 Å². The first kappa shape index (κ1) is 24.6. The number of nitrogens with zero attached hydrogens (tertiary/aromatic N) is 1. The highest BCUT2D eigenvalue weighted by Crippen LogP contribution is 2.24. The smallest absolute Gasteiger partial charge is 0.325 e. The maximum absolute atomic E-state index is 13.2. The molecule has 0 fully saturated rings. The summed E-state index contributed by atoms with van der Waals surface area (Å²) in [5, 5.41) is 3.50. The molecule has 0 radical (unpaired) electrons. The molecule has 0 aliphatic carbocycles. The predicted octanol–water partition coefficient (Wildman–Crippen LogP) is 3.72. The van der Waals surface area contributed by atoms with Crippen LogP contribution in [0.3, 0.4) is 0 Å². The lowest BCUT2D eigenvalue weighted by Crippen LogP contribution is -2.51. The van der Waals surface area contributed by atoms with Gasteiger partial charge in [-0.2, -0.15) is 0 Å². The summed E-state index contributed by atoms with van der Waals surface area (Å²) in [4.78, 5) is 27.6. The van der Waals surface area contributed by atoms with E-state index in [0.29, 0.717) is 6.54 Å². The standard InChI is InChI=1S/C25H34N2O4/c1-4-17-26-23(21-15-11-8-12-16-21)24(25(29)31-6-3)27(19-22(28)30-5-2)18-20-13-9-7-10-14-20/h7-16,23-24,26H,4-6,17-19H2,1-3H3/t23-,24-/m0/s1. The van der Waals surface area contributed by atoms with E-state index in [1.807, 2.05) is 65.6 Å². The van der Waals surface area contributed by atoms with Crippen LogP contribution in [0.15, 0.2) is 60.7 Å². The van der Waals surface area contributed by atoms with Gasteiger partial charge in [-0.1, -0.05) is 67.6 Å². The van der Waals surface area contributed by atoms with Crippen LogP contribution in [0.5, 0.6) is 0 Å². The van der Waals surface area contributed by atoms with Gasteiger partial charge in [-0.25, -0.2) is 0 Å². The number of esters is 2. The van der Waals surface area contributed by atoms with Crippen LogP contribution in [0.2, 0.25) is 0 Å². The number of hydrogen-bond donors (Lipinski definition) is 1. The number of rotatable bonds is 13. The molecule has 0 saturated carbocycles. The highest BCUT2D eigenvalue weighted by Gasteiger charge is 2.37. The lowest BCUT2D eigenvalue weighted by Gasteiger charge is -2.35. The first-order chi connectivity index (χ1) is 15.1. The van der Waals surface area contributed by atoms with E-state index in [1.165, 1.54) is 0 Å². The number of benzene rings is 2. The molecule has 0 amide bonds. The molecular weight excluding hydrogens is 392 g/mol. The maximum Gasteiger partial charge on any atom is 0.325 e. The van der Waals surface area contributed by atoms with Crippen LogP contribution in [0.4, 0.5) is 0 Å². The Morgan fingerprint density at radius 1 is 0.903 bits per heavy atom. The molecule has 6 heteroatoms. The summed E-state index contributed by atoms with van der Waals surface area (Å²) in [5.74, 6) is -0.727. The summed E-state index contributed by atoms with van der Waals surface area (Å²) in [6, 6.07) is 18.6. The lowest BCUT2D eigenvalue weighted by molar-refractivity contribution is -0.154. The third-order valence-electron chi connectivity index (χ3n) is 4.88. The minimum absolute atomic E-state index is 0.0106. The van der Waals surface area contributed by atoms with E-state index < -0.39 is 6.04 Å².